The minimum absolute atomic E-state index is 0. The Morgan fingerprint density at radius 2 is 1.68 bits per heavy atom. The van der Waals surface area contributed by atoms with E-state index in [4.69, 9.17) is 0 Å². The van der Waals surface area contributed by atoms with Gasteiger partial charge in [-0.15, -0.1) is 24.0 Å². The smallest absolute Gasteiger partial charge is 0.191 e. The van der Waals surface area contributed by atoms with Crippen molar-refractivity contribution >= 4 is 29.9 Å². The van der Waals surface area contributed by atoms with Gasteiger partial charge < -0.3 is 15.5 Å². The third-order valence-corrected chi connectivity index (χ3v) is 3.86. The Morgan fingerprint density at radius 1 is 1.05 bits per heavy atom. The van der Waals surface area contributed by atoms with Gasteiger partial charge in [-0.1, -0.05) is 27.7 Å². The lowest BCUT2D eigenvalue weighted by Gasteiger charge is -2.21. The van der Waals surface area contributed by atoms with Crippen LogP contribution in [0, 0.1) is 5.92 Å². The minimum atomic E-state index is 0. The second kappa shape index (κ2) is 15.8. The van der Waals surface area contributed by atoms with E-state index >= 15 is 0 Å². The Kier molecular flexibility index (Phi) is 17.4. The SMILES string of the molecule is CCN(CC)CCCC(C)NC(=NC)NCCCC(C)C.I. The summed E-state index contributed by atoms with van der Waals surface area (Å²) in [6, 6.07) is 0.469. The standard InChI is InChI=1S/C17H38N4.HI/c1-7-21(8-2)14-10-12-16(5)20-17(18-6)19-13-9-11-15(3)4;/h15-16H,7-14H2,1-6H3,(H2,18,19,20);1H. The zero-order valence-electron chi connectivity index (χ0n) is 15.6. The molecule has 0 heterocycles. The first-order chi connectivity index (χ1) is 10.0. The molecular formula is C17H39IN4. The molecule has 5 heteroatoms. The molecule has 0 bridgehead atoms. The molecule has 4 nitrogen and oxygen atoms in total. The first-order valence-corrected chi connectivity index (χ1v) is 8.72. The van der Waals surface area contributed by atoms with Crippen LogP contribution >= 0.6 is 24.0 Å². The highest BCUT2D eigenvalue weighted by atomic mass is 127. The van der Waals surface area contributed by atoms with E-state index in [0.717, 1.165) is 31.5 Å². The van der Waals surface area contributed by atoms with Gasteiger partial charge in [0.25, 0.3) is 0 Å². The maximum absolute atomic E-state index is 4.30. The lowest BCUT2D eigenvalue weighted by Crippen LogP contribution is -2.42. The fourth-order valence-corrected chi connectivity index (χ4v) is 2.38. The predicted octanol–water partition coefficient (Wildman–Crippen LogP) is 3.72. The van der Waals surface area contributed by atoms with Gasteiger partial charge in [0.15, 0.2) is 5.96 Å². The van der Waals surface area contributed by atoms with Gasteiger partial charge in [-0.3, -0.25) is 4.99 Å². The van der Waals surface area contributed by atoms with Gasteiger partial charge in [0.1, 0.15) is 0 Å². The molecule has 0 saturated carbocycles. The molecule has 0 rings (SSSR count). The third kappa shape index (κ3) is 13.6. The Hall–Kier alpha value is -0.0400. The molecule has 1 atom stereocenters. The summed E-state index contributed by atoms with van der Waals surface area (Å²) in [5.41, 5.74) is 0. The van der Waals surface area contributed by atoms with Crippen LogP contribution in [0.15, 0.2) is 4.99 Å². The van der Waals surface area contributed by atoms with Crippen LogP contribution < -0.4 is 10.6 Å². The monoisotopic (exact) mass is 426 g/mol. The number of rotatable bonds is 11. The van der Waals surface area contributed by atoms with Crippen LogP contribution in [0.2, 0.25) is 0 Å². The summed E-state index contributed by atoms with van der Waals surface area (Å²) < 4.78 is 0. The van der Waals surface area contributed by atoms with Crippen LogP contribution in [0.1, 0.15) is 60.3 Å². The third-order valence-electron chi connectivity index (χ3n) is 3.86. The van der Waals surface area contributed by atoms with E-state index in [1.807, 2.05) is 7.05 Å². The predicted molar refractivity (Wildman–Crippen MR) is 110 cm³/mol. The van der Waals surface area contributed by atoms with Crippen molar-refractivity contribution in [2.75, 3.05) is 33.2 Å². The molecule has 0 saturated heterocycles. The zero-order valence-corrected chi connectivity index (χ0v) is 17.9. The van der Waals surface area contributed by atoms with E-state index in [9.17, 15) is 0 Å². The molecule has 0 aromatic rings. The number of nitrogens with zero attached hydrogens (tertiary/aromatic N) is 2. The second-order valence-corrected chi connectivity index (χ2v) is 6.25. The topological polar surface area (TPSA) is 39.7 Å². The van der Waals surface area contributed by atoms with E-state index < -0.39 is 0 Å². The number of halogens is 1. The number of hydrogen-bond acceptors (Lipinski definition) is 2. The molecule has 0 radical (unpaired) electrons. The Balaban J connectivity index is 0. The highest BCUT2D eigenvalue weighted by Crippen LogP contribution is 2.02. The first kappa shape index (κ1) is 24.2. The molecule has 2 N–H and O–H groups in total. The molecule has 22 heavy (non-hydrogen) atoms. The molecule has 0 aromatic heterocycles. The van der Waals surface area contributed by atoms with Crippen molar-refractivity contribution in [1.82, 2.24) is 15.5 Å². The van der Waals surface area contributed by atoms with Gasteiger partial charge in [-0.25, -0.2) is 0 Å². The fraction of sp³-hybridized carbons (Fsp3) is 0.941. The molecule has 0 aromatic carbocycles. The largest absolute Gasteiger partial charge is 0.356 e. The van der Waals surface area contributed by atoms with Crippen molar-refractivity contribution in [1.29, 1.82) is 0 Å². The van der Waals surface area contributed by atoms with Crippen molar-refractivity contribution in [2.45, 2.75) is 66.3 Å². The molecule has 0 spiro atoms. The van der Waals surface area contributed by atoms with Crippen LogP contribution in [0.3, 0.4) is 0 Å². The molecule has 0 fully saturated rings. The van der Waals surface area contributed by atoms with Gasteiger partial charge in [0, 0.05) is 19.6 Å². The van der Waals surface area contributed by atoms with Gasteiger partial charge in [-0.2, -0.15) is 0 Å². The summed E-state index contributed by atoms with van der Waals surface area (Å²) in [5.74, 6) is 1.72. The van der Waals surface area contributed by atoms with E-state index in [1.165, 1.54) is 32.2 Å². The second-order valence-electron chi connectivity index (χ2n) is 6.25. The molecular weight excluding hydrogens is 387 g/mol. The lowest BCUT2D eigenvalue weighted by atomic mass is 10.1. The maximum Gasteiger partial charge on any atom is 0.191 e. The van der Waals surface area contributed by atoms with Crippen molar-refractivity contribution in [3.63, 3.8) is 0 Å². The summed E-state index contributed by atoms with van der Waals surface area (Å²) in [5, 5.41) is 6.89. The molecule has 134 valence electrons. The Morgan fingerprint density at radius 3 is 2.18 bits per heavy atom. The van der Waals surface area contributed by atoms with Crippen LogP contribution in [0.5, 0.6) is 0 Å². The van der Waals surface area contributed by atoms with Crippen LogP contribution in [-0.4, -0.2) is 50.1 Å². The summed E-state index contributed by atoms with van der Waals surface area (Å²) in [6.45, 7) is 15.7. The normalized spacial score (nSPS) is 13.2. The average molecular weight is 426 g/mol. The van der Waals surface area contributed by atoms with Gasteiger partial charge in [0.05, 0.1) is 0 Å². The van der Waals surface area contributed by atoms with Crippen molar-refractivity contribution < 1.29 is 0 Å². The van der Waals surface area contributed by atoms with E-state index in [-0.39, 0.29) is 24.0 Å². The van der Waals surface area contributed by atoms with E-state index in [0.29, 0.717) is 6.04 Å². The molecule has 0 aliphatic carbocycles. The molecule has 1 unspecified atom stereocenters. The van der Waals surface area contributed by atoms with Crippen molar-refractivity contribution in [3.8, 4) is 0 Å². The zero-order chi connectivity index (χ0) is 16.1. The summed E-state index contributed by atoms with van der Waals surface area (Å²) >= 11 is 0. The van der Waals surface area contributed by atoms with Crippen LogP contribution in [0.4, 0.5) is 0 Å². The minimum Gasteiger partial charge on any atom is -0.356 e. The fourth-order valence-electron chi connectivity index (χ4n) is 2.38. The number of aliphatic imine (C=N–C) groups is 1. The lowest BCUT2D eigenvalue weighted by molar-refractivity contribution is 0.292. The van der Waals surface area contributed by atoms with Crippen LogP contribution in [-0.2, 0) is 0 Å². The van der Waals surface area contributed by atoms with Gasteiger partial charge >= 0.3 is 0 Å². The highest BCUT2D eigenvalue weighted by molar-refractivity contribution is 14.0. The van der Waals surface area contributed by atoms with Gasteiger partial charge in [-0.05, 0) is 58.2 Å². The van der Waals surface area contributed by atoms with Crippen molar-refractivity contribution in [2.24, 2.45) is 10.9 Å². The summed E-state index contributed by atoms with van der Waals surface area (Å²) in [4.78, 5) is 6.78. The summed E-state index contributed by atoms with van der Waals surface area (Å²) in [6.07, 6.45) is 4.89. The first-order valence-electron chi connectivity index (χ1n) is 8.72. The molecule has 0 amide bonds. The summed E-state index contributed by atoms with van der Waals surface area (Å²) in [7, 11) is 1.85. The Labute approximate surface area is 155 Å². The quantitative estimate of drug-likeness (QED) is 0.229. The maximum atomic E-state index is 4.30. The molecule has 0 aliphatic rings. The number of guanidine groups is 1. The number of nitrogens with one attached hydrogen (secondary N) is 2. The average Bonchev–Trinajstić information content (AvgIpc) is 2.46. The van der Waals surface area contributed by atoms with Crippen LogP contribution in [0.25, 0.3) is 0 Å². The number of hydrogen-bond donors (Lipinski definition) is 2. The molecule has 0 aliphatic heterocycles. The van der Waals surface area contributed by atoms with E-state index in [2.05, 4.69) is 55.1 Å². The van der Waals surface area contributed by atoms with Crippen molar-refractivity contribution in [3.05, 3.63) is 0 Å². The highest BCUT2D eigenvalue weighted by Gasteiger charge is 2.06. The van der Waals surface area contributed by atoms with E-state index in [1.54, 1.807) is 0 Å². The van der Waals surface area contributed by atoms with Gasteiger partial charge in [0.2, 0.25) is 0 Å². The Bertz CT molecular complexity index is 265.